The van der Waals surface area contributed by atoms with Gasteiger partial charge in [-0.1, -0.05) is 31.5 Å². The molecule has 1 saturated carbocycles. The highest BCUT2D eigenvalue weighted by atomic mass is 16.3. The van der Waals surface area contributed by atoms with Crippen LogP contribution in [0.1, 0.15) is 42.6 Å². The normalized spacial score (nSPS) is 22.6. The summed E-state index contributed by atoms with van der Waals surface area (Å²) in [4.78, 5) is 25.4. The first kappa shape index (κ1) is 16.7. The summed E-state index contributed by atoms with van der Waals surface area (Å²) in [6.45, 7) is 2.10. The second-order valence-corrected chi connectivity index (χ2v) is 6.73. The van der Waals surface area contributed by atoms with Gasteiger partial charge in [0.2, 0.25) is 0 Å². The number of hydrogen-bond donors (Lipinski definition) is 2. The summed E-state index contributed by atoms with van der Waals surface area (Å²) in [5.74, 6) is 0.465. The molecule has 2 heterocycles. The first-order valence-corrected chi connectivity index (χ1v) is 8.89. The van der Waals surface area contributed by atoms with Crippen LogP contribution in [0.25, 0.3) is 11.2 Å². The minimum atomic E-state index is -0.290. The van der Waals surface area contributed by atoms with Crippen molar-refractivity contribution in [2.45, 2.75) is 38.3 Å². The number of carbonyl (C=O) groups excluding carboxylic acids is 1. The molecule has 0 unspecified atom stereocenters. The number of nitrogens with one attached hydrogen (secondary N) is 1. The van der Waals surface area contributed by atoms with Gasteiger partial charge < -0.3 is 15.0 Å². The van der Waals surface area contributed by atoms with Gasteiger partial charge in [0.25, 0.3) is 5.91 Å². The van der Waals surface area contributed by atoms with Crippen molar-refractivity contribution in [2.75, 3.05) is 5.32 Å². The van der Waals surface area contributed by atoms with Gasteiger partial charge in [0, 0.05) is 11.6 Å². The molecule has 1 aliphatic carbocycles. The van der Waals surface area contributed by atoms with E-state index in [0.29, 0.717) is 34.9 Å². The Hall–Kier alpha value is -2.80. The predicted molar refractivity (Wildman–Crippen MR) is 97.8 cm³/mol. The zero-order chi connectivity index (χ0) is 18.1. The average molecular weight is 351 g/mol. The van der Waals surface area contributed by atoms with Gasteiger partial charge in [-0.3, -0.25) is 4.79 Å². The fourth-order valence-corrected chi connectivity index (χ4v) is 3.72. The predicted octanol–water partition coefficient (Wildman–Crippen LogP) is 2.80. The number of nitrogens with zero attached hydrogens (tertiary/aromatic N) is 4. The van der Waals surface area contributed by atoms with Crippen molar-refractivity contribution in [1.29, 1.82) is 0 Å². The monoisotopic (exact) mass is 351 g/mol. The zero-order valence-corrected chi connectivity index (χ0v) is 14.5. The molecule has 1 aromatic carbocycles. The van der Waals surface area contributed by atoms with Gasteiger partial charge in [0.1, 0.15) is 6.33 Å². The summed E-state index contributed by atoms with van der Waals surface area (Å²) in [7, 11) is 0. The number of aliphatic hydroxyl groups is 1. The minimum absolute atomic E-state index is 0.160. The lowest BCUT2D eigenvalue weighted by molar-refractivity contribution is 0.102. The minimum Gasteiger partial charge on any atom is -0.393 e. The van der Waals surface area contributed by atoms with E-state index in [4.69, 9.17) is 0 Å². The summed E-state index contributed by atoms with van der Waals surface area (Å²) < 4.78 is 1.99. The van der Waals surface area contributed by atoms with Gasteiger partial charge in [-0.2, -0.15) is 0 Å². The Labute approximate surface area is 151 Å². The highest BCUT2D eigenvalue weighted by Crippen LogP contribution is 2.38. The molecule has 7 heteroatoms. The quantitative estimate of drug-likeness (QED) is 0.754. The molecular formula is C19H21N5O2. The Morgan fingerprint density at radius 1 is 1.23 bits per heavy atom. The smallest absolute Gasteiger partial charge is 0.256 e. The van der Waals surface area contributed by atoms with E-state index in [1.165, 1.54) is 6.33 Å². The maximum Gasteiger partial charge on any atom is 0.256 e. The third kappa shape index (κ3) is 2.94. The molecule has 134 valence electrons. The second-order valence-electron chi connectivity index (χ2n) is 6.73. The third-order valence-corrected chi connectivity index (χ3v) is 5.18. The Morgan fingerprint density at radius 2 is 2.04 bits per heavy atom. The molecule has 0 aliphatic heterocycles. The molecule has 1 aliphatic rings. The second kappa shape index (κ2) is 6.84. The summed E-state index contributed by atoms with van der Waals surface area (Å²) in [5, 5.41) is 13.0. The number of fused-ring (bicyclic) bond motifs is 1. The molecule has 0 bridgehead atoms. The van der Waals surface area contributed by atoms with E-state index < -0.39 is 0 Å². The topological polar surface area (TPSA) is 92.9 Å². The van der Waals surface area contributed by atoms with Gasteiger partial charge in [-0.25, -0.2) is 15.0 Å². The van der Waals surface area contributed by atoms with Crippen LogP contribution >= 0.6 is 0 Å². The molecule has 2 aromatic heterocycles. The maximum atomic E-state index is 12.4. The number of imidazole rings is 1. The van der Waals surface area contributed by atoms with E-state index in [1.54, 1.807) is 18.5 Å². The first-order chi connectivity index (χ1) is 12.7. The van der Waals surface area contributed by atoms with E-state index >= 15 is 0 Å². The van der Waals surface area contributed by atoms with Crippen molar-refractivity contribution in [3.63, 3.8) is 0 Å². The van der Waals surface area contributed by atoms with E-state index in [9.17, 15) is 9.90 Å². The molecule has 3 atom stereocenters. The number of amides is 1. The van der Waals surface area contributed by atoms with Crippen molar-refractivity contribution < 1.29 is 9.90 Å². The first-order valence-electron chi connectivity index (χ1n) is 8.89. The van der Waals surface area contributed by atoms with Gasteiger partial charge in [-0.15, -0.1) is 0 Å². The van der Waals surface area contributed by atoms with Crippen LogP contribution < -0.4 is 5.32 Å². The van der Waals surface area contributed by atoms with Crippen LogP contribution in [-0.4, -0.2) is 36.6 Å². The molecular weight excluding hydrogens is 330 g/mol. The van der Waals surface area contributed by atoms with Gasteiger partial charge >= 0.3 is 0 Å². The van der Waals surface area contributed by atoms with E-state index in [-0.39, 0.29) is 18.1 Å². The van der Waals surface area contributed by atoms with Crippen molar-refractivity contribution in [2.24, 2.45) is 5.92 Å². The summed E-state index contributed by atoms with van der Waals surface area (Å²) in [5.41, 5.74) is 1.80. The van der Waals surface area contributed by atoms with Crippen molar-refractivity contribution in [3.05, 3.63) is 48.5 Å². The molecule has 1 fully saturated rings. The Kier molecular flexibility index (Phi) is 4.38. The van der Waals surface area contributed by atoms with E-state index in [2.05, 4.69) is 27.2 Å². The molecule has 4 rings (SSSR count). The van der Waals surface area contributed by atoms with Crippen LogP contribution in [0, 0.1) is 5.92 Å². The largest absolute Gasteiger partial charge is 0.393 e. The molecule has 2 N–H and O–H groups in total. The lowest BCUT2D eigenvalue weighted by Gasteiger charge is -2.12. The number of hydrogen-bond acceptors (Lipinski definition) is 5. The van der Waals surface area contributed by atoms with Gasteiger partial charge in [-0.05, 0) is 30.9 Å². The van der Waals surface area contributed by atoms with Crippen LogP contribution in [0.4, 0.5) is 5.82 Å². The Balaban J connectivity index is 1.63. The third-order valence-electron chi connectivity index (χ3n) is 5.18. The fraction of sp³-hybridized carbons (Fsp3) is 0.368. The molecule has 1 amide bonds. The SMILES string of the molecule is CC[C@H]1C[C@@H](n2cnc3c(NC(=O)c4ccccc4)ncnc32)C[C@@H]1O. The molecule has 3 aromatic rings. The van der Waals surface area contributed by atoms with Crippen LogP contribution in [0.15, 0.2) is 43.0 Å². The molecule has 0 saturated heterocycles. The van der Waals surface area contributed by atoms with Crippen molar-refractivity contribution in [3.8, 4) is 0 Å². The number of rotatable bonds is 4. The van der Waals surface area contributed by atoms with Gasteiger partial charge in [0.05, 0.1) is 12.4 Å². The molecule has 0 radical (unpaired) electrons. The summed E-state index contributed by atoms with van der Waals surface area (Å²) in [6.07, 6.45) is 5.42. The molecule has 0 spiro atoms. The highest BCUT2D eigenvalue weighted by molar-refractivity contribution is 6.06. The fourth-order valence-electron chi connectivity index (χ4n) is 3.72. The number of aliphatic hydroxyl groups excluding tert-OH is 1. The standard InChI is InChI=1S/C19H21N5O2/c1-2-12-8-14(9-15(12)25)24-11-22-16-17(20-10-21-18(16)24)23-19(26)13-6-4-3-5-7-13/h3-7,10-12,14-15,25H,2,8-9H2,1H3,(H,20,21,23,26)/t12-,14+,15-/m0/s1. The van der Waals surface area contributed by atoms with E-state index in [1.807, 2.05) is 22.8 Å². The van der Waals surface area contributed by atoms with Crippen LogP contribution in [0.3, 0.4) is 0 Å². The zero-order valence-electron chi connectivity index (χ0n) is 14.5. The molecule has 7 nitrogen and oxygen atoms in total. The summed E-state index contributed by atoms with van der Waals surface area (Å²) in [6, 6.07) is 9.14. The van der Waals surface area contributed by atoms with Crippen LogP contribution in [0.5, 0.6) is 0 Å². The van der Waals surface area contributed by atoms with Crippen molar-refractivity contribution in [1.82, 2.24) is 19.5 Å². The van der Waals surface area contributed by atoms with Crippen molar-refractivity contribution >= 4 is 22.9 Å². The number of aromatic nitrogens is 4. The summed E-state index contributed by atoms with van der Waals surface area (Å²) >= 11 is 0. The Morgan fingerprint density at radius 3 is 2.77 bits per heavy atom. The lowest BCUT2D eigenvalue weighted by atomic mass is 10.0. The highest BCUT2D eigenvalue weighted by Gasteiger charge is 2.33. The number of carbonyl (C=O) groups is 1. The number of anilines is 1. The Bertz CT molecular complexity index is 924. The van der Waals surface area contributed by atoms with Crippen LogP contribution in [0.2, 0.25) is 0 Å². The van der Waals surface area contributed by atoms with Gasteiger partial charge in [0.15, 0.2) is 17.0 Å². The lowest BCUT2D eigenvalue weighted by Crippen LogP contribution is -2.13. The number of benzene rings is 1. The maximum absolute atomic E-state index is 12.4. The average Bonchev–Trinajstić information content (AvgIpc) is 3.26. The van der Waals surface area contributed by atoms with Crippen LogP contribution in [-0.2, 0) is 0 Å². The van der Waals surface area contributed by atoms with E-state index in [0.717, 1.165) is 12.8 Å². The molecule has 26 heavy (non-hydrogen) atoms.